The average Bonchev–Trinajstić information content (AvgIpc) is 2.78. The second-order valence-corrected chi connectivity index (χ2v) is 7.27. The molecule has 1 heterocycles. The summed E-state index contributed by atoms with van der Waals surface area (Å²) in [7, 11) is -1.26. The van der Waals surface area contributed by atoms with Crippen molar-refractivity contribution in [3.63, 3.8) is 0 Å². The second-order valence-electron chi connectivity index (χ2n) is 5.26. The van der Waals surface area contributed by atoms with E-state index in [9.17, 15) is 8.42 Å². The van der Waals surface area contributed by atoms with Crippen molar-refractivity contribution in [1.82, 2.24) is 9.78 Å². The third-order valence-corrected chi connectivity index (χ3v) is 4.68. The van der Waals surface area contributed by atoms with Crippen LogP contribution < -0.4 is 5.73 Å². The maximum absolute atomic E-state index is 11.4. The van der Waals surface area contributed by atoms with Crippen LogP contribution in [0.5, 0.6) is 0 Å². The minimum Gasteiger partial charge on any atom is -0.324 e. The molecule has 21 heavy (non-hydrogen) atoms. The van der Waals surface area contributed by atoms with Crippen LogP contribution in [0.4, 0.5) is 0 Å². The van der Waals surface area contributed by atoms with Gasteiger partial charge in [-0.15, -0.1) is 0 Å². The van der Waals surface area contributed by atoms with Gasteiger partial charge in [-0.2, -0.15) is 5.10 Å². The monoisotopic (exact) mass is 307 g/mol. The summed E-state index contributed by atoms with van der Waals surface area (Å²) in [6.45, 7) is 2.07. The van der Waals surface area contributed by atoms with Gasteiger partial charge >= 0.3 is 0 Å². The van der Waals surface area contributed by atoms with Crippen molar-refractivity contribution in [3.05, 3.63) is 47.3 Å². The molecule has 2 aromatic rings. The van der Waals surface area contributed by atoms with Crippen molar-refractivity contribution in [3.8, 4) is 0 Å². The largest absolute Gasteiger partial charge is 0.324 e. The van der Waals surface area contributed by atoms with Gasteiger partial charge in [0, 0.05) is 31.5 Å². The minimum atomic E-state index is -3.17. The van der Waals surface area contributed by atoms with Crippen LogP contribution in [0.15, 0.2) is 35.2 Å². The van der Waals surface area contributed by atoms with Crippen molar-refractivity contribution >= 4 is 9.84 Å². The van der Waals surface area contributed by atoms with Crippen LogP contribution in [0, 0.1) is 0 Å². The molecule has 2 rings (SSSR count). The summed E-state index contributed by atoms with van der Waals surface area (Å²) in [5.74, 6) is 0. The molecule has 0 aliphatic rings. The van der Waals surface area contributed by atoms with Gasteiger partial charge in [-0.3, -0.25) is 4.68 Å². The SMILES string of the molecule is CCc1cc(CC(N)c2ccc(S(C)(=O)=O)cc2)n(C)n1. The molecule has 6 heteroatoms. The number of nitrogens with two attached hydrogens (primary N) is 1. The van der Waals surface area contributed by atoms with E-state index in [2.05, 4.69) is 18.1 Å². The highest BCUT2D eigenvalue weighted by molar-refractivity contribution is 7.90. The van der Waals surface area contributed by atoms with Crippen LogP contribution in [0.1, 0.15) is 29.9 Å². The van der Waals surface area contributed by atoms with E-state index in [0.717, 1.165) is 23.4 Å². The Hall–Kier alpha value is -1.66. The molecule has 1 atom stereocenters. The molecule has 0 bridgehead atoms. The first-order chi connectivity index (χ1) is 9.81. The number of benzene rings is 1. The molecule has 2 N–H and O–H groups in total. The van der Waals surface area contributed by atoms with E-state index in [1.54, 1.807) is 24.3 Å². The molecular formula is C15H21N3O2S. The van der Waals surface area contributed by atoms with E-state index in [1.807, 2.05) is 11.7 Å². The summed E-state index contributed by atoms with van der Waals surface area (Å²) in [6, 6.07) is 8.64. The zero-order chi connectivity index (χ0) is 15.6. The lowest BCUT2D eigenvalue weighted by molar-refractivity contribution is 0.601. The van der Waals surface area contributed by atoms with Crippen molar-refractivity contribution in [2.24, 2.45) is 12.8 Å². The molecule has 0 aliphatic carbocycles. The first-order valence-corrected chi connectivity index (χ1v) is 8.77. The molecule has 0 saturated heterocycles. The molecule has 1 aromatic heterocycles. The number of hydrogen-bond donors (Lipinski definition) is 1. The molecule has 0 radical (unpaired) electrons. The van der Waals surface area contributed by atoms with Crippen LogP contribution in [0.3, 0.4) is 0 Å². The van der Waals surface area contributed by atoms with Crippen LogP contribution in [0.2, 0.25) is 0 Å². The van der Waals surface area contributed by atoms with Gasteiger partial charge < -0.3 is 5.73 Å². The number of nitrogens with zero attached hydrogens (tertiary/aromatic N) is 2. The second kappa shape index (κ2) is 5.99. The standard InChI is InChI=1S/C15H21N3O2S/c1-4-12-9-13(18(2)17-12)10-15(16)11-5-7-14(8-6-11)21(3,19)20/h5-9,15H,4,10,16H2,1-3H3. The summed E-state index contributed by atoms with van der Waals surface area (Å²) in [4.78, 5) is 0.312. The van der Waals surface area contributed by atoms with Gasteiger partial charge in [-0.05, 0) is 30.2 Å². The lowest BCUT2D eigenvalue weighted by Crippen LogP contribution is -2.15. The van der Waals surface area contributed by atoms with E-state index in [-0.39, 0.29) is 6.04 Å². The number of hydrogen-bond acceptors (Lipinski definition) is 4. The third-order valence-electron chi connectivity index (χ3n) is 3.56. The van der Waals surface area contributed by atoms with E-state index in [1.165, 1.54) is 6.26 Å². The first kappa shape index (κ1) is 15.7. The lowest BCUT2D eigenvalue weighted by atomic mass is 10.0. The highest BCUT2D eigenvalue weighted by Gasteiger charge is 2.13. The smallest absolute Gasteiger partial charge is 0.175 e. The number of sulfone groups is 1. The van der Waals surface area contributed by atoms with Crippen LogP contribution in [-0.4, -0.2) is 24.5 Å². The molecule has 0 fully saturated rings. The summed E-state index contributed by atoms with van der Waals surface area (Å²) >= 11 is 0. The molecule has 114 valence electrons. The Balaban J connectivity index is 2.16. The van der Waals surface area contributed by atoms with E-state index < -0.39 is 9.84 Å². The molecule has 0 amide bonds. The highest BCUT2D eigenvalue weighted by atomic mass is 32.2. The Morgan fingerprint density at radius 3 is 2.38 bits per heavy atom. The number of aromatic nitrogens is 2. The van der Waals surface area contributed by atoms with Gasteiger partial charge in [0.15, 0.2) is 9.84 Å². The van der Waals surface area contributed by atoms with Crippen molar-refractivity contribution in [2.75, 3.05) is 6.26 Å². The normalized spacial score (nSPS) is 13.3. The highest BCUT2D eigenvalue weighted by Crippen LogP contribution is 2.19. The quantitative estimate of drug-likeness (QED) is 0.910. The van der Waals surface area contributed by atoms with Crippen molar-refractivity contribution in [1.29, 1.82) is 0 Å². The van der Waals surface area contributed by atoms with Crippen LogP contribution in [0.25, 0.3) is 0 Å². The molecule has 5 nitrogen and oxygen atoms in total. The van der Waals surface area contributed by atoms with Crippen LogP contribution in [-0.2, 0) is 29.7 Å². The molecule has 1 aromatic carbocycles. The van der Waals surface area contributed by atoms with Gasteiger partial charge in [-0.1, -0.05) is 19.1 Å². The summed E-state index contributed by atoms with van der Waals surface area (Å²) in [5.41, 5.74) is 9.26. The van der Waals surface area contributed by atoms with Gasteiger partial charge in [0.05, 0.1) is 10.6 Å². The fourth-order valence-corrected chi connectivity index (χ4v) is 2.87. The summed E-state index contributed by atoms with van der Waals surface area (Å²) in [6.07, 6.45) is 2.76. The van der Waals surface area contributed by atoms with Gasteiger partial charge in [0.2, 0.25) is 0 Å². The number of rotatable bonds is 5. The topological polar surface area (TPSA) is 78.0 Å². The Kier molecular flexibility index (Phi) is 4.49. The maximum Gasteiger partial charge on any atom is 0.175 e. The molecule has 0 spiro atoms. The van der Waals surface area contributed by atoms with E-state index >= 15 is 0 Å². The minimum absolute atomic E-state index is 0.182. The zero-order valence-corrected chi connectivity index (χ0v) is 13.4. The zero-order valence-electron chi connectivity index (χ0n) is 12.6. The first-order valence-electron chi connectivity index (χ1n) is 6.88. The summed E-state index contributed by atoms with van der Waals surface area (Å²) in [5, 5.41) is 4.40. The fourth-order valence-electron chi connectivity index (χ4n) is 2.24. The number of aryl methyl sites for hydroxylation is 2. The summed E-state index contributed by atoms with van der Waals surface area (Å²) < 4.78 is 24.7. The Morgan fingerprint density at radius 1 is 1.29 bits per heavy atom. The molecular weight excluding hydrogens is 286 g/mol. The molecule has 0 aliphatic heterocycles. The Bertz CT molecular complexity index is 718. The average molecular weight is 307 g/mol. The third kappa shape index (κ3) is 3.71. The van der Waals surface area contributed by atoms with Crippen LogP contribution >= 0.6 is 0 Å². The van der Waals surface area contributed by atoms with Crippen molar-refractivity contribution in [2.45, 2.75) is 30.7 Å². The van der Waals surface area contributed by atoms with E-state index in [0.29, 0.717) is 11.3 Å². The lowest BCUT2D eigenvalue weighted by Gasteiger charge is -2.12. The van der Waals surface area contributed by atoms with Gasteiger partial charge in [-0.25, -0.2) is 8.42 Å². The van der Waals surface area contributed by atoms with Crippen molar-refractivity contribution < 1.29 is 8.42 Å². The molecule has 0 saturated carbocycles. The molecule has 1 unspecified atom stereocenters. The van der Waals surface area contributed by atoms with Gasteiger partial charge in [0.25, 0.3) is 0 Å². The predicted molar refractivity (Wildman–Crippen MR) is 82.8 cm³/mol. The van der Waals surface area contributed by atoms with Gasteiger partial charge in [0.1, 0.15) is 0 Å². The Morgan fingerprint density at radius 2 is 1.90 bits per heavy atom. The fraction of sp³-hybridized carbons (Fsp3) is 0.400. The van der Waals surface area contributed by atoms with E-state index in [4.69, 9.17) is 5.73 Å². The Labute approximate surface area is 125 Å². The predicted octanol–water partition coefficient (Wildman–Crippen LogP) is 1.63. The maximum atomic E-state index is 11.4.